The minimum atomic E-state index is -4.42. The highest BCUT2D eigenvalue weighted by atomic mass is 35.5. The Bertz CT molecular complexity index is 1220. The van der Waals surface area contributed by atoms with Crippen LogP contribution in [0.5, 0.6) is 0 Å². The molecule has 35 heavy (non-hydrogen) atoms. The Morgan fingerprint density at radius 1 is 1.00 bits per heavy atom. The topological polar surface area (TPSA) is 71.0 Å². The standard InChI is InChI=1S/C25H23ClF3N5O/c26-20-13-30-10-7-19(20)23-22(15-3-5-17(6-4-15)25(27,28)29)31-14-21(33-23)34-11-8-18(9-12-34)32-24(35)16-1-2-16/h3-7,10,13-14,16,18H,1-2,8-9,11-12H2,(H,32,35). The van der Waals surface area contributed by atoms with Gasteiger partial charge in [-0.25, -0.2) is 4.98 Å². The highest BCUT2D eigenvalue weighted by molar-refractivity contribution is 6.33. The molecule has 3 aromatic rings. The van der Waals surface area contributed by atoms with Crippen LogP contribution in [0.15, 0.2) is 48.9 Å². The van der Waals surface area contributed by atoms with Gasteiger partial charge < -0.3 is 10.2 Å². The number of rotatable bonds is 5. The van der Waals surface area contributed by atoms with Gasteiger partial charge in [-0.2, -0.15) is 13.2 Å². The van der Waals surface area contributed by atoms with Crippen LogP contribution in [0.1, 0.15) is 31.2 Å². The number of alkyl halides is 3. The molecule has 1 aliphatic carbocycles. The van der Waals surface area contributed by atoms with Crippen LogP contribution in [-0.2, 0) is 11.0 Å². The summed E-state index contributed by atoms with van der Waals surface area (Å²) in [7, 11) is 0. The van der Waals surface area contributed by atoms with E-state index in [0.29, 0.717) is 46.4 Å². The molecule has 5 rings (SSSR count). The van der Waals surface area contributed by atoms with Gasteiger partial charge in [0.25, 0.3) is 0 Å². The third-order valence-corrected chi connectivity index (χ3v) is 6.69. The highest BCUT2D eigenvalue weighted by Gasteiger charge is 2.32. The molecule has 10 heteroatoms. The van der Waals surface area contributed by atoms with Crippen molar-refractivity contribution >= 4 is 23.3 Å². The van der Waals surface area contributed by atoms with E-state index in [1.54, 1.807) is 18.5 Å². The lowest BCUT2D eigenvalue weighted by Crippen LogP contribution is -2.45. The van der Waals surface area contributed by atoms with Crippen molar-refractivity contribution in [3.63, 3.8) is 0 Å². The molecule has 1 saturated heterocycles. The number of carbonyl (C=O) groups is 1. The van der Waals surface area contributed by atoms with E-state index in [-0.39, 0.29) is 17.9 Å². The summed E-state index contributed by atoms with van der Waals surface area (Å²) in [4.78, 5) is 27.6. The molecule has 3 heterocycles. The normalized spacial score (nSPS) is 16.9. The number of carbonyl (C=O) groups excluding carboxylic acids is 1. The maximum absolute atomic E-state index is 13.0. The van der Waals surface area contributed by atoms with Crippen molar-refractivity contribution in [3.8, 4) is 22.5 Å². The van der Waals surface area contributed by atoms with Crippen LogP contribution in [-0.4, -0.2) is 40.0 Å². The molecule has 2 aromatic heterocycles. The molecule has 182 valence electrons. The lowest BCUT2D eigenvalue weighted by molar-refractivity contribution is -0.137. The molecule has 1 saturated carbocycles. The number of aromatic nitrogens is 3. The van der Waals surface area contributed by atoms with Gasteiger partial charge in [0.1, 0.15) is 11.5 Å². The van der Waals surface area contributed by atoms with E-state index in [2.05, 4.69) is 20.2 Å². The predicted octanol–water partition coefficient (Wildman–Crippen LogP) is 5.37. The van der Waals surface area contributed by atoms with Crippen LogP contribution in [0.25, 0.3) is 22.5 Å². The zero-order chi connectivity index (χ0) is 24.6. The molecule has 0 spiro atoms. The monoisotopic (exact) mass is 501 g/mol. The minimum absolute atomic E-state index is 0.146. The second-order valence-electron chi connectivity index (χ2n) is 8.90. The molecular formula is C25H23ClF3N5O. The first-order chi connectivity index (χ1) is 16.8. The molecule has 0 unspecified atom stereocenters. The Balaban J connectivity index is 1.42. The molecule has 2 fully saturated rings. The number of hydrogen-bond donors (Lipinski definition) is 1. The third-order valence-electron chi connectivity index (χ3n) is 6.39. The number of benzene rings is 1. The lowest BCUT2D eigenvalue weighted by Gasteiger charge is -2.33. The number of pyridine rings is 1. The van der Waals surface area contributed by atoms with Gasteiger partial charge in [0.05, 0.1) is 22.5 Å². The fourth-order valence-electron chi connectivity index (χ4n) is 4.23. The van der Waals surface area contributed by atoms with Crippen molar-refractivity contribution in [1.29, 1.82) is 0 Å². The summed E-state index contributed by atoms with van der Waals surface area (Å²) in [6, 6.07) is 6.70. The molecule has 0 atom stereocenters. The number of anilines is 1. The van der Waals surface area contributed by atoms with E-state index in [1.165, 1.54) is 18.3 Å². The van der Waals surface area contributed by atoms with Gasteiger partial charge in [0.2, 0.25) is 5.91 Å². The molecule has 2 aliphatic rings. The van der Waals surface area contributed by atoms with Crippen molar-refractivity contribution in [3.05, 3.63) is 59.5 Å². The van der Waals surface area contributed by atoms with Crippen LogP contribution < -0.4 is 10.2 Å². The largest absolute Gasteiger partial charge is 0.416 e. The highest BCUT2D eigenvalue weighted by Crippen LogP contribution is 2.36. The maximum Gasteiger partial charge on any atom is 0.416 e. The quantitative estimate of drug-likeness (QED) is 0.509. The Hall–Kier alpha value is -3.20. The molecule has 1 aromatic carbocycles. The Morgan fingerprint density at radius 3 is 2.34 bits per heavy atom. The van der Waals surface area contributed by atoms with Crippen molar-refractivity contribution in [2.24, 2.45) is 5.92 Å². The van der Waals surface area contributed by atoms with Gasteiger partial charge in [-0.3, -0.25) is 14.8 Å². The van der Waals surface area contributed by atoms with E-state index < -0.39 is 11.7 Å². The molecule has 6 nitrogen and oxygen atoms in total. The maximum atomic E-state index is 13.0. The molecule has 0 bridgehead atoms. The summed E-state index contributed by atoms with van der Waals surface area (Å²) in [5.41, 5.74) is 1.27. The van der Waals surface area contributed by atoms with Crippen LogP contribution in [0.2, 0.25) is 5.02 Å². The van der Waals surface area contributed by atoms with Gasteiger partial charge in [0.15, 0.2) is 0 Å². The number of halogens is 4. The van der Waals surface area contributed by atoms with Crippen LogP contribution >= 0.6 is 11.6 Å². The van der Waals surface area contributed by atoms with Crippen LogP contribution in [0, 0.1) is 5.92 Å². The summed E-state index contributed by atoms with van der Waals surface area (Å²) in [5.74, 6) is 0.985. The second kappa shape index (κ2) is 9.45. The molecule has 1 N–H and O–H groups in total. The van der Waals surface area contributed by atoms with Crippen molar-refractivity contribution < 1.29 is 18.0 Å². The number of nitrogens with zero attached hydrogens (tertiary/aromatic N) is 4. The predicted molar refractivity (Wildman–Crippen MR) is 127 cm³/mol. The van der Waals surface area contributed by atoms with E-state index >= 15 is 0 Å². The number of amides is 1. The molecule has 0 radical (unpaired) electrons. The Kier molecular flexibility index (Phi) is 6.35. The zero-order valence-electron chi connectivity index (χ0n) is 18.7. The van der Waals surface area contributed by atoms with Gasteiger partial charge in [-0.15, -0.1) is 0 Å². The number of piperidine rings is 1. The van der Waals surface area contributed by atoms with E-state index in [4.69, 9.17) is 16.6 Å². The summed E-state index contributed by atoms with van der Waals surface area (Å²) >= 11 is 6.41. The summed E-state index contributed by atoms with van der Waals surface area (Å²) in [5, 5.41) is 3.51. The van der Waals surface area contributed by atoms with Gasteiger partial charge in [0, 0.05) is 48.6 Å². The van der Waals surface area contributed by atoms with Crippen molar-refractivity contribution in [1.82, 2.24) is 20.3 Å². The molecule has 1 amide bonds. The number of hydrogen-bond acceptors (Lipinski definition) is 5. The SMILES string of the molecule is O=C(NC1CCN(c2cnc(-c3ccc(C(F)(F)F)cc3)c(-c3ccncc3Cl)n2)CC1)C1CC1. The molecular weight excluding hydrogens is 479 g/mol. The van der Waals surface area contributed by atoms with E-state index in [9.17, 15) is 18.0 Å². The first-order valence-electron chi connectivity index (χ1n) is 11.5. The average molecular weight is 502 g/mol. The van der Waals surface area contributed by atoms with E-state index in [1.807, 2.05) is 0 Å². The van der Waals surface area contributed by atoms with Crippen molar-refractivity contribution in [2.75, 3.05) is 18.0 Å². The lowest BCUT2D eigenvalue weighted by atomic mass is 10.0. The average Bonchev–Trinajstić information content (AvgIpc) is 3.70. The van der Waals surface area contributed by atoms with Crippen molar-refractivity contribution in [2.45, 2.75) is 37.9 Å². The second-order valence-corrected chi connectivity index (χ2v) is 9.31. The summed E-state index contributed by atoms with van der Waals surface area (Å²) in [6.45, 7) is 1.40. The fraction of sp³-hybridized carbons (Fsp3) is 0.360. The van der Waals surface area contributed by atoms with Gasteiger partial charge in [-0.1, -0.05) is 23.7 Å². The first-order valence-corrected chi connectivity index (χ1v) is 11.9. The number of nitrogens with one attached hydrogen (secondary N) is 1. The summed E-state index contributed by atoms with van der Waals surface area (Å²) < 4.78 is 39.1. The van der Waals surface area contributed by atoms with E-state index in [0.717, 1.165) is 37.8 Å². The van der Waals surface area contributed by atoms with Crippen LogP contribution in [0.3, 0.4) is 0 Å². The zero-order valence-corrected chi connectivity index (χ0v) is 19.5. The third kappa shape index (κ3) is 5.24. The van der Waals surface area contributed by atoms with Gasteiger partial charge >= 0.3 is 6.18 Å². The Morgan fingerprint density at radius 2 is 1.71 bits per heavy atom. The fourth-order valence-corrected chi connectivity index (χ4v) is 4.44. The first kappa shape index (κ1) is 23.5. The smallest absolute Gasteiger partial charge is 0.355 e. The summed E-state index contributed by atoms with van der Waals surface area (Å²) in [6.07, 6.45) is 3.84. The minimum Gasteiger partial charge on any atom is -0.355 e. The van der Waals surface area contributed by atoms with Crippen LogP contribution in [0.4, 0.5) is 19.0 Å². The molecule has 1 aliphatic heterocycles. The Labute approximate surface area is 205 Å². The van der Waals surface area contributed by atoms with Gasteiger partial charge in [-0.05, 0) is 43.9 Å².